The summed E-state index contributed by atoms with van der Waals surface area (Å²) in [7, 11) is 0. The first kappa shape index (κ1) is 13.7. The third-order valence-electron chi connectivity index (χ3n) is 2.82. The van der Waals surface area contributed by atoms with Gasteiger partial charge < -0.3 is 10.4 Å². The molecule has 0 aliphatic carbocycles. The Hall–Kier alpha value is -0.380. The molecule has 1 atom stereocenters. The fourth-order valence-corrected chi connectivity index (χ4v) is 2.10. The van der Waals surface area contributed by atoms with Crippen molar-refractivity contribution in [3.63, 3.8) is 0 Å². The van der Waals surface area contributed by atoms with Crippen LogP contribution in [0.5, 0.6) is 0 Å². The summed E-state index contributed by atoms with van der Waals surface area (Å²) < 4.78 is 1.01. The molecule has 1 rings (SSSR count). The molecule has 1 unspecified atom stereocenters. The molecule has 0 aromatic heterocycles. The Morgan fingerprint density at radius 2 is 2.00 bits per heavy atom. The second kappa shape index (κ2) is 7.05. The lowest BCUT2D eigenvalue weighted by Gasteiger charge is -2.18. The molecule has 0 heterocycles. The van der Waals surface area contributed by atoms with Gasteiger partial charge in [0.15, 0.2) is 0 Å². The van der Waals surface area contributed by atoms with E-state index in [1.54, 1.807) is 0 Å². The molecule has 0 aliphatic heterocycles. The minimum Gasteiger partial charge on any atom is -0.387 e. The molecule has 3 heteroatoms. The zero-order valence-electron chi connectivity index (χ0n) is 9.91. The van der Waals surface area contributed by atoms with Crippen LogP contribution >= 0.6 is 15.9 Å². The van der Waals surface area contributed by atoms with Gasteiger partial charge in [0.1, 0.15) is 0 Å². The predicted octanol–water partition coefficient (Wildman–Crippen LogP) is 3.26. The van der Waals surface area contributed by atoms with Gasteiger partial charge >= 0.3 is 0 Å². The molecule has 1 aromatic carbocycles. The fourth-order valence-electron chi connectivity index (χ4n) is 1.69. The standard InChI is InChI=1S/C13H20BrNO/c1-3-12(4-2)15-9-13(16)10-6-5-7-11(14)8-10/h5-8,12-13,15-16H,3-4,9H2,1-2H3. The van der Waals surface area contributed by atoms with Crippen molar-refractivity contribution < 1.29 is 5.11 Å². The lowest BCUT2D eigenvalue weighted by molar-refractivity contribution is 0.169. The van der Waals surface area contributed by atoms with Gasteiger partial charge in [-0.05, 0) is 30.5 Å². The summed E-state index contributed by atoms with van der Waals surface area (Å²) in [5, 5.41) is 13.4. The fraction of sp³-hybridized carbons (Fsp3) is 0.538. The summed E-state index contributed by atoms with van der Waals surface area (Å²) >= 11 is 3.41. The van der Waals surface area contributed by atoms with Crippen LogP contribution in [0.4, 0.5) is 0 Å². The normalized spacial score (nSPS) is 13.1. The molecule has 0 fully saturated rings. The summed E-state index contributed by atoms with van der Waals surface area (Å²) in [6.45, 7) is 4.93. The van der Waals surface area contributed by atoms with Crippen molar-refractivity contribution in [3.8, 4) is 0 Å². The third kappa shape index (κ3) is 4.24. The Morgan fingerprint density at radius 3 is 2.56 bits per heavy atom. The van der Waals surface area contributed by atoms with Crippen LogP contribution in [-0.4, -0.2) is 17.7 Å². The molecule has 0 radical (unpaired) electrons. The van der Waals surface area contributed by atoms with Gasteiger partial charge in [-0.2, -0.15) is 0 Å². The van der Waals surface area contributed by atoms with E-state index in [0.717, 1.165) is 22.9 Å². The molecule has 1 aromatic rings. The van der Waals surface area contributed by atoms with Crippen LogP contribution < -0.4 is 5.32 Å². The van der Waals surface area contributed by atoms with Crippen molar-refractivity contribution in [1.29, 1.82) is 0 Å². The minimum atomic E-state index is -0.432. The first-order valence-electron chi connectivity index (χ1n) is 5.84. The van der Waals surface area contributed by atoms with Crippen LogP contribution in [0.25, 0.3) is 0 Å². The summed E-state index contributed by atoms with van der Waals surface area (Å²) in [5.41, 5.74) is 0.952. The smallest absolute Gasteiger partial charge is 0.0914 e. The van der Waals surface area contributed by atoms with Gasteiger partial charge in [-0.1, -0.05) is 41.9 Å². The summed E-state index contributed by atoms with van der Waals surface area (Å²) in [4.78, 5) is 0. The predicted molar refractivity (Wildman–Crippen MR) is 71.5 cm³/mol. The van der Waals surface area contributed by atoms with E-state index in [4.69, 9.17) is 0 Å². The maximum Gasteiger partial charge on any atom is 0.0914 e. The number of aliphatic hydroxyl groups is 1. The van der Waals surface area contributed by atoms with Crippen LogP contribution in [0.1, 0.15) is 38.4 Å². The maximum absolute atomic E-state index is 10.0. The highest BCUT2D eigenvalue weighted by atomic mass is 79.9. The molecular weight excluding hydrogens is 266 g/mol. The van der Waals surface area contributed by atoms with E-state index in [1.165, 1.54) is 0 Å². The average Bonchev–Trinajstić information content (AvgIpc) is 2.30. The van der Waals surface area contributed by atoms with Crippen molar-refractivity contribution in [3.05, 3.63) is 34.3 Å². The Labute approximate surface area is 106 Å². The maximum atomic E-state index is 10.0. The molecule has 0 saturated heterocycles. The number of hydrogen-bond donors (Lipinski definition) is 2. The van der Waals surface area contributed by atoms with Gasteiger partial charge in [0.05, 0.1) is 6.10 Å². The van der Waals surface area contributed by atoms with Crippen LogP contribution in [0, 0.1) is 0 Å². The van der Waals surface area contributed by atoms with Gasteiger partial charge in [-0.3, -0.25) is 0 Å². The van der Waals surface area contributed by atoms with E-state index < -0.39 is 6.10 Å². The highest BCUT2D eigenvalue weighted by Crippen LogP contribution is 2.17. The quantitative estimate of drug-likeness (QED) is 0.841. The second-order valence-corrected chi connectivity index (χ2v) is 4.91. The molecule has 16 heavy (non-hydrogen) atoms. The molecule has 0 aliphatic rings. The Bertz CT molecular complexity index is 313. The summed E-state index contributed by atoms with van der Waals surface area (Å²) in [6.07, 6.45) is 1.77. The van der Waals surface area contributed by atoms with Gasteiger partial charge in [-0.25, -0.2) is 0 Å². The minimum absolute atomic E-state index is 0.432. The lowest BCUT2D eigenvalue weighted by atomic mass is 10.1. The summed E-state index contributed by atoms with van der Waals surface area (Å²) in [5.74, 6) is 0. The van der Waals surface area contributed by atoms with Gasteiger partial charge in [-0.15, -0.1) is 0 Å². The van der Waals surface area contributed by atoms with E-state index in [9.17, 15) is 5.11 Å². The molecule has 2 N–H and O–H groups in total. The molecular formula is C13H20BrNO. The first-order chi connectivity index (χ1) is 7.67. The first-order valence-corrected chi connectivity index (χ1v) is 6.63. The van der Waals surface area contributed by atoms with Gasteiger partial charge in [0.2, 0.25) is 0 Å². The van der Waals surface area contributed by atoms with Crippen LogP contribution in [-0.2, 0) is 0 Å². The van der Waals surface area contributed by atoms with Crippen LogP contribution in [0.2, 0.25) is 0 Å². The molecule has 90 valence electrons. The van der Waals surface area contributed by atoms with E-state index in [-0.39, 0.29) is 0 Å². The monoisotopic (exact) mass is 285 g/mol. The van der Waals surface area contributed by atoms with E-state index in [2.05, 4.69) is 35.1 Å². The van der Waals surface area contributed by atoms with E-state index >= 15 is 0 Å². The number of halogens is 1. The SMILES string of the molecule is CCC(CC)NCC(O)c1cccc(Br)c1. The van der Waals surface area contributed by atoms with Gasteiger partial charge in [0.25, 0.3) is 0 Å². The number of hydrogen-bond acceptors (Lipinski definition) is 2. The zero-order valence-corrected chi connectivity index (χ0v) is 11.5. The third-order valence-corrected chi connectivity index (χ3v) is 3.31. The van der Waals surface area contributed by atoms with E-state index in [1.807, 2.05) is 24.3 Å². The Kier molecular flexibility index (Phi) is 6.03. The van der Waals surface area contributed by atoms with Crippen molar-refractivity contribution in [1.82, 2.24) is 5.32 Å². The van der Waals surface area contributed by atoms with Crippen LogP contribution in [0.15, 0.2) is 28.7 Å². The highest BCUT2D eigenvalue weighted by molar-refractivity contribution is 9.10. The van der Waals surface area contributed by atoms with Crippen LogP contribution in [0.3, 0.4) is 0 Å². The molecule has 0 spiro atoms. The zero-order chi connectivity index (χ0) is 12.0. The topological polar surface area (TPSA) is 32.3 Å². The molecule has 0 bridgehead atoms. The highest BCUT2D eigenvalue weighted by Gasteiger charge is 2.09. The molecule has 0 amide bonds. The Morgan fingerprint density at radius 1 is 1.31 bits per heavy atom. The average molecular weight is 286 g/mol. The number of benzene rings is 1. The van der Waals surface area contributed by atoms with Crippen molar-refractivity contribution in [2.45, 2.75) is 38.8 Å². The van der Waals surface area contributed by atoms with Crippen molar-refractivity contribution in [2.24, 2.45) is 0 Å². The van der Waals surface area contributed by atoms with E-state index in [0.29, 0.717) is 12.6 Å². The van der Waals surface area contributed by atoms with Crippen molar-refractivity contribution in [2.75, 3.05) is 6.54 Å². The number of rotatable bonds is 6. The number of nitrogens with one attached hydrogen (secondary N) is 1. The lowest BCUT2D eigenvalue weighted by Crippen LogP contribution is -2.31. The molecule has 0 saturated carbocycles. The second-order valence-electron chi connectivity index (χ2n) is 3.99. The Balaban J connectivity index is 2.49. The van der Waals surface area contributed by atoms with Crippen molar-refractivity contribution >= 4 is 15.9 Å². The number of aliphatic hydroxyl groups excluding tert-OH is 1. The summed E-state index contributed by atoms with van der Waals surface area (Å²) in [6, 6.07) is 8.31. The largest absolute Gasteiger partial charge is 0.387 e. The molecule has 2 nitrogen and oxygen atoms in total. The van der Waals surface area contributed by atoms with Gasteiger partial charge in [0, 0.05) is 17.1 Å².